The van der Waals surface area contributed by atoms with Crippen LogP contribution in [0, 0.1) is 5.92 Å². The lowest BCUT2D eigenvalue weighted by Crippen LogP contribution is -2.49. The van der Waals surface area contributed by atoms with Gasteiger partial charge in [-0.1, -0.05) is 13.8 Å². The van der Waals surface area contributed by atoms with Crippen molar-refractivity contribution in [3.05, 3.63) is 0 Å². The van der Waals surface area contributed by atoms with E-state index in [0.29, 0.717) is 23.6 Å². The van der Waals surface area contributed by atoms with Gasteiger partial charge < -0.3 is 14.9 Å². The van der Waals surface area contributed by atoms with Gasteiger partial charge in [-0.25, -0.2) is 9.59 Å². The summed E-state index contributed by atoms with van der Waals surface area (Å²) >= 11 is 1.52. The first-order valence-electron chi connectivity index (χ1n) is 6.88. The van der Waals surface area contributed by atoms with E-state index in [1.165, 1.54) is 16.7 Å². The van der Waals surface area contributed by atoms with Crippen LogP contribution in [-0.4, -0.2) is 57.2 Å². The van der Waals surface area contributed by atoms with E-state index in [1.807, 2.05) is 4.90 Å². The number of carbonyl (C=O) groups excluding carboxylic acids is 1. The standard InChI is InChI=1S/C13H22N2O3S/c1-9(2)5-6-14(10-3-4-10)13(18)15-8-19-7-11(15)12(16)17/h9-11H,3-8H2,1-2H3,(H,16,17)/t11-/m0/s1. The van der Waals surface area contributed by atoms with E-state index >= 15 is 0 Å². The molecule has 1 heterocycles. The van der Waals surface area contributed by atoms with Crippen molar-refractivity contribution >= 4 is 23.8 Å². The number of carbonyl (C=O) groups is 2. The molecular formula is C13H22N2O3S. The van der Waals surface area contributed by atoms with E-state index < -0.39 is 12.0 Å². The number of hydrogen-bond acceptors (Lipinski definition) is 3. The maximum atomic E-state index is 12.5. The Labute approximate surface area is 118 Å². The summed E-state index contributed by atoms with van der Waals surface area (Å²) in [5.74, 6) is 0.667. The van der Waals surface area contributed by atoms with Gasteiger partial charge in [0.05, 0.1) is 5.88 Å². The van der Waals surface area contributed by atoms with Crippen LogP contribution in [0.5, 0.6) is 0 Å². The summed E-state index contributed by atoms with van der Waals surface area (Å²) in [6, 6.07) is -0.398. The number of carboxylic acids is 1. The molecule has 2 aliphatic rings. The Balaban J connectivity index is 2.00. The molecule has 1 saturated heterocycles. The average Bonchev–Trinajstić information content (AvgIpc) is 3.04. The van der Waals surface area contributed by atoms with Crippen molar-refractivity contribution in [3.8, 4) is 0 Å². The van der Waals surface area contributed by atoms with E-state index in [1.54, 1.807) is 0 Å². The van der Waals surface area contributed by atoms with Gasteiger partial charge in [0.25, 0.3) is 0 Å². The Morgan fingerprint density at radius 3 is 2.63 bits per heavy atom. The van der Waals surface area contributed by atoms with Crippen LogP contribution in [0.1, 0.15) is 33.1 Å². The first-order chi connectivity index (χ1) is 9.00. The van der Waals surface area contributed by atoms with E-state index in [0.717, 1.165) is 25.8 Å². The fourth-order valence-electron chi connectivity index (χ4n) is 2.22. The molecule has 0 spiro atoms. The van der Waals surface area contributed by atoms with Crippen molar-refractivity contribution in [3.63, 3.8) is 0 Å². The zero-order valence-corrected chi connectivity index (χ0v) is 12.4. The highest BCUT2D eigenvalue weighted by molar-refractivity contribution is 7.99. The average molecular weight is 286 g/mol. The number of rotatable bonds is 5. The van der Waals surface area contributed by atoms with Gasteiger partial charge in [0.15, 0.2) is 0 Å². The number of urea groups is 1. The molecule has 0 aromatic heterocycles. The Hall–Kier alpha value is -0.910. The minimum atomic E-state index is -0.891. The van der Waals surface area contributed by atoms with Gasteiger partial charge in [0.2, 0.25) is 0 Å². The van der Waals surface area contributed by atoms with Crippen molar-refractivity contribution in [1.82, 2.24) is 9.80 Å². The third kappa shape index (κ3) is 3.55. The van der Waals surface area contributed by atoms with Crippen LogP contribution in [0.4, 0.5) is 4.79 Å². The second kappa shape index (κ2) is 6.03. The van der Waals surface area contributed by atoms with Crippen molar-refractivity contribution in [2.45, 2.75) is 45.2 Å². The highest BCUT2D eigenvalue weighted by Gasteiger charge is 2.40. The fourth-order valence-corrected chi connectivity index (χ4v) is 3.36. The molecule has 1 aliphatic carbocycles. The topological polar surface area (TPSA) is 60.9 Å². The Morgan fingerprint density at radius 2 is 2.11 bits per heavy atom. The van der Waals surface area contributed by atoms with Gasteiger partial charge in [0.1, 0.15) is 6.04 Å². The van der Waals surface area contributed by atoms with Gasteiger partial charge >= 0.3 is 12.0 Å². The van der Waals surface area contributed by atoms with E-state index in [9.17, 15) is 9.59 Å². The quantitative estimate of drug-likeness (QED) is 0.840. The lowest BCUT2D eigenvalue weighted by atomic mass is 10.1. The Morgan fingerprint density at radius 1 is 1.42 bits per heavy atom. The third-order valence-corrected chi connectivity index (χ3v) is 4.61. The molecule has 2 fully saturated rings. The summed E-state index contributed by atoms with van der Waals surface area (Å²) < 4.78 is 0. The SMILES string of the molecule is CC(C)CCN(C(=O)N1CSC[C@H]1C(=O)O)C1CC1. The van der Waals surface area contributed by atoms with Crippen LogP contribution in [0.3, 0.4) is 0 Å². The molecule has 2 rings (SSSR count). The molecule has 1 saturated carbocycles. The molecular weight excluding hydrogens is 264 g/mol. The second-order valence-corrected chi connectivity index (χ2v) is 6.71. The van der Waals surface area contributed by atoms with E-state index in [4.69, 9.17) is 5.11 Å². The number of nitrogens with zero attached hydrogens (tertiary/aromatic N) is 2. The van der Waals surface area contributed by atoms with Gasteiger partial charge in [-0.15, -0.1) is 11.8 Å². The van der Waals surface area contributed by atoms with Crippen LogP contribution in [-0.2, 0) is 4.79 Å². The predicted molar refractivity (Wildman–Crippen MR) is 75.2 cm³/mol. The van der Waals surface area contributed by atoms with Crippen molar-refractivity contribution in [2.24, 2.45) is 5.92 Å². The van der Waals surface area contributed by atoms with E-state index in [-0.39, 0.29) is 6.03 Å². The van der Waals surface area contributed by atoms with Gasteiger partial charge in [0, 0.05) is 18.3 Å². The van der Waals surface area contributed by atoms with Gasteiger partial charge in [-0.3, -0.25) is 0 Å². The largest absolute Gasteiger partial charge is 0.480 e. The number of hydrogen-bond donors (Lipinski definition) is 1. The van der Waals surface area contributed by atoms with Crippen molar-refractivity contribution < 1.29 is 14.7 Å². The minimum Gasteiger partial charge on any atom is -0.480 e. The molecule has 0 unspecified atom stereocenters. The monoisotopic (exact) mass is 286 g/mol. The molecule has 108 valence electrons. The lowest BCUT2D eigenvalue weighted by molar-refractivity contribution is -0.141. The van der Waals surface area contributed by atoms with Crippen LogP contribution in [0.2, 0.25) is 0 Å². The molecule has 1 atom stereocenters. The molecule has 19 heavy (non-hydrogen) atoms. The number of amides is 2. The summed E-state index contributed by atoms with van der Waals surface area (Å²) in [6.45, 7) is 5.03. The summed E-state index contributed by atoms with van der Waals surface area (Å²) in [5, 5.41) is 9.16. The van der Waals surface area contributed by atoms with Crippen LogP contribution in [0.15, 0.2) is 0 Å². The number of carboxylic acid groups (broad SMARTS) is 1. The first kappa shape index (κ1) is 14.5. The van der Waals surface area contributed by atoms with E-state index in [2.05, 4.69) is 13.8 Å². The maximum absolute atomic E-state index is 12.5. The molecule has 1 N–H and O–H groups in total. The summed E-state index contributed by atoms with van der Waals surface area (Å²) in [5.41, 5.74) is 0. The van der Waals surface area contributed by atoms with Gasteiger partial charge in [-0.05, 0) is 25.2 Å². The van der Waals surface area contributed by atoms with Crippen LogP contribution in [0.25, 0.3) is 0 Å². The Kier molecular flexibility index (Phi) is 4.60. The molecule has 0 radical (unpaired) electrons. The second-order valence-electron chi connectivity index (χ2n) is 5.71. The van der Waals surface area contributed by atoms with Gasteiger partial charge in [-0.2, -0.15) is 0 Å². The smallest absolute Gasteiger partial charge is 0.327 e. The summed E-state index contributed by atoms with van der Waals surface area (Å²) in [4.78, 5) is 27.1. The molecule has 0 aromatic rings. The molecule has 0 aromatic carbocycles. The highest BCUT2D eigenvalue weighted by atomic mass is 32.2. The molecule has 6 heteroatoms. The van der Waals surface area contributed by atoms with Crippen LogP contribution < -0.4 is 0 Å². The highest BCUT2D eigenvalue weighted by Crippen LogP contribution is 2.31. The number of aliphatic carboxylic acids is 1. The van der Waals surface area contributed by atoms with Crippen molar-refractivity contribution in [1.29, 1.82) is 0 Å². The molecule has 0 bridgehead atoms. The van der Waals surface area contributed by atoms with Crippen LogP contribution >= 0.6 is 11.8 Å². The molecule has 1 aliphatic heterocycles. The normalized spacial score (nSPS) is 22.9. The zero-order valence-electron chi connectivity index (χ0n) is 11.5. The summed E-state index contributed by atoms with van der Waals surface area (Å²) in [6.07, 6.45) is 3.09. The first-order valence-corrected chi connectivity index (χ1v) is 8.04. The molecule has 5 nitrogen and oxygen atoms in total. The fraction of sp³-hybridized carbons (Fsp3) is 0.846. The lowest BCUT2D eigenvalue weighted by Gasteiger charge is -2.30. The Bertz CT molecular complexity index is 358. The maximum Gasteiger partial charge on any atom is 0.327 e. The number of thioether (sulfide) groups is 1. The molecule has 2 amide bonds. The van der Waals surface area contributed by atoms with Crippen molar-refractivity contribution in [2.75, 3.05) is 18.2 Å². The zero-order chi connectivity index (χ0) is 14.0. The predicted octanol–water partition coefficient (Wildman–Crippen LogP) is 2.08. The summed E-state index contributed by atoms with van der Waals surface area (Å²) in [7, 11) is 0. The minimum absolute atomic E-state index is 0.0828. The third-order valence-electron chi connectivity index (χ3n) is 3.59.